The van der Waals surface area contributed by atoms with Gasteiger partial charge < -0.3 is 10.4 Å². The maximum atomic E-state index is 10.6. The van der Waals surface area contributed by atoms with Crippen LogP contribution in [-0.2, 0) is 5.60 Å². The van der Waals surface area contributed by atoms with Crippen molar-refractivity contribution in [1.29, 1.82) is 0 Å². The first-order valence-electron chi connectivity index (χ1n) is 6.05. The summed E-state index contributed by atoms with van der Waals surface area (Å²) in [5.74, 6) is 0. The summed E-state index contributed by atoms with van der Waals surface area (Å²) in [7, 11) is 0. The molecule has 1 heterocycles. The summed E-state index contributed by atoms with van der Waals surface area (Å²) in [5, 5.41) is 17.1. The van der Waals surface area contributed by atoms with Crippen molar-refractivity contribution < 1.29 is 5.11 Å². The first-order chi connectivity index (χ1) is 8.15. The lowest BCUT2D eigenvalue weighted by Gasteiger charge is -2.25. The molecule has 0 saturated carbocycles. The van der Waals surface area contributed by atoms with Gasteiger partial charge >= 0.3 is 0 Å². The van der Waals surface area contributed by atoms with Crippen LogP contribution in [0.25, 0.3) is 10.1 Å². The van der Waals surface area contributed by atoms with Crippen molar-refractivity contribution in [1.82, 2.24) is 5.32 Å². The Kier molecular flexibility index (Phi) is 3.82. The molecular weight excluding hydrogens is 230 g/mol. The second-order valence-corrected chi connectivity index (χ2v) is 5.51. The molecule has 0 spiro atoms. The predicted molar refractivity (Wildman–Crippen MR) is 74.6 cm³/mol. The van der Waals surface area contributed by atoms with Crippen molar-refractivity contribution in [3.63, 3.8) is 0 Å². The molecule has 17 heavy (non-hydrogen) atoms. The molecule has 0 fully saturated rings. The van der Waals surface area contributed by atoms with Gasteiger partial charge in [-0.3, -0.25) is 0 Å². The Labute approximate surface area is 106 Å². The summed E-state index contributed by atoms with van der Waals surface area (Å²) >= 11 is 1.69. The van der Waals surface area contributed by atoms with Gasteiger partial charge in [0.15, 0.2) is 0 Å². The molecule has 92 valence electrons. The van der Waals surface area contributed by atoms with Crippen molar-refractivity contribution in [3.05, 3.63) is 35.2 Å². The van der Waals surface area contributed by atoms with E-state index in [0.717, 1.165) is 18.5 Å². The second-order valence-electron chi connectivity index (χ2n) is 4.60. The largest absolute Gasteiger partial charge is 0.384 e. The van der Waals surface area contributed by atoms with E-state index in [0.29, 0.717) is 6.54 Å². The molecule has 0 aliphatic carbocycles. The van der Waals surface area contributed by atoms with Crippen LogP contribution in [0.5, 0.6) is 0 Å². The highest BCUT2D eigenvalue weighted by atomic mass is 32.1. The van der Waals surface area contributed by atoms with Crippen LogP contribution in [0.1, 0.15) is 25.8 Å². The van der Waals surface area contributed by atoms with Gasteiger partial charge in [-0.1, -0.05) is 25.1 Å². The zero-order chi connectivity index (χ0) is 12.3. The average Bonchev–Trinajstić information content (AvgIpc) is 2.76. The maximum Gasteiger partial charge on any atom is 0.101 e. The van der Waals surface area contributed by atoms with Gasteiger partial charge in [0, 0.05) is 16.8 Å². The molecule has 2 N–H and O–H groups in total. The SMILES string of the molecule is CCCNCC(C)(O)c1cccc2ccsc12. The van der Waals surface area contributed by atoms with Gasteiger partial charge in [-0.15, -0.1) is 11.3 Å². The number of aliphatic hydroxyl groups is 1. The van der Waals surface area contributed by atoms with Gasteiger partial charge in [-0.25, -0.2) is 0 Å². The monoisotopic (exact) mass is 249 g/mol. The van der Waals surface area contributed by atoms with Crippen LogP contribution in [0.4, 0.5) is 0 Å². The molecule has 3 heteroatoms. The second kappa shape index (κ2) is 5.17. The summed E-state index contributed by atoms with van der Waals surface area (Å²) in [6.45, 7) is 5.54. The molecule has 0 radical (unpaired) electrons. The van der Waals surface area contributed by atoms with Crippen molar-refractivity contribution in [2.24, 2.45) is 0 Å². The van der Waals surface area contributed by atoms with E-state index >= 15 is 0 Å². The Morgan fingerprint density at radius 3 is 2.94 bits per heavy atom. The van der Waals surface area contributed by atoms with E-state index in [4.69, 9.17) is 0 Å². The number of benzene rings is 1. The lowest BCUT2D eigenvalue weighted by molar-refractivity contribution is 0.0589. The van der Waals surface area contributed by atoms with Crippen molar-refractivity contribution in [3.8, 4) is 0 Å². The standard InChI is InChI=1S/C14H19NOS/c1-3-8-15-10-14(2,16)12-6-4-5-11-7-9-17-13(11)12/h4-7,9,15-16H,3,8,10H2,1-2H3. The van der Waals surface area contributed by atoms with Crippen LogP contribution in [0, 0.1) is 0 Å². The number of hydrogen-bond acceptors (Lipinski definition) is 3. The summed E-state index contributed by atoms with van der Waals surface area (Å²) in [4.78, 5) is 0. The van der Waals surface area contributed by atoms with Gasteiger partial charge in [0.05, 0.1) is 0 Å². The summed E-state index contributed by atoms with van der Waals surface area (Å²) < 4.78 is 1.19. The summed E-state index contributed by atoms with van der Waals surface area (Å²) in [6.07, 6.45) is 1.08. The van der Waals surface area contributed by atoms with Crippen molar-refractivity contribution >= 4 is 21.4 Å². The minimum atomic E-state index is -0.806. The third-order valence-electron chi connectivity index (χ3n) is 2.96. The van der Waals surface area contributed by atoms with Crippen molar-refractivity contribution in [2.45, 2.75) is 25.9 Å². The maximum absolute atomic E-state index is 10.6. The zero-order valence-corrected chi connectivity index (χ0v) is 11.2. The zero-order valence-electron chi connectivity index (χ0n) is 10.4. The Morgan fingerprint density at radius 1 is 1.35 bits per heavy atom. The number of thiophene rings is 1. The third kappa shape index (κ3) is 2.68. The molecule has 0 bridgehead atoms. The lowest BCUT2D eigenvalue weighted by Crippen LogP contribution is -2.35. The van der Waals surface area contributed by atoms with E-state index in [2.05, 4.69) is 29.8 Å². The Bertz CT molecular complexity index is 490. The first kappa shape index (κ1) is 12.6. The molecule has 2 nitrogen and oxygen atoms in total. The molecular formula is C14H19NOS. The molecule has 0 amide bonds. The van der Waals surface area contributed by atoms with Gasteiger partial charge in [0.2, 0.25) is 0 Å². The van der Waals surface area contributed by atoms with E-state index in [1.165, 1.54) is 10.1 Å². The Morgan fingerprint density at radius 2 is 2.18 bits per heavy atom. The summed E-state index contributed by atoms with van der Waals surface area (Å²) in [6, 6.07) is 8.22. The number of nitrogens with one attached hydrogen (secondary N) is 1. The molecule has 1 aromatic carbocycles. The predicted octanol–water partition coefficient (Wildman–Crippen LogP) is 3.11. The quantitative estimate of drug-likeness (QED) is 0.798. The molecule has 1 aromatic heterocycles. The Balaban J connectivity index is 2.28. The molecule has 1 unspecified atom stereocenters. The van der Waals surface area contributed by atoms with Crippen molar-refractivity contribution in [2.75, 3.05) is 13.1 Å². The van der Waals surface area contributed by atoms with Crippen LogP contribution in [0.3, 0.4) is 0 Å². The number of hydrogen-bond donors (Lipinski definition) is 2. The van der Waals surface area contributed by atoms with Gasteiger partial charge in [-0.2, -0.15) is 0 Å². The number of rotatable bonds is 5. The number of fused-ring (bicyclic) bond motifs is 1. The van der Waals surface area contributed by atoms with Crippen LogP contribution >= 0.6 is 11.3 Å². The van der Waals surface area contributed by atoms with Gasteiger partial charge in [0.1, 0.15) is 5.60 Å². The fourth-order valence-electron chi connectivity index (χ4n) is 2.02. The Hall–Kier alpha value is -0.900. The molecule has 0 aliphatic rings. The molecule has 0 aliphatic heterocycles. The highest BCUT2D eigenvalue weighted by Crippen LogP contribution is 2.31. The average molecular weight is 249 g/mol. The minimum Gasteiger partial charge on any atom is -0.384 e. The molecule has 2 rings (SSSR count). The van der Waals surface area contributed by atoms with E-state index in [1.807, 2.05) is 19.1 Å². The van der Waals surface area contributed by atoms with E-state index < -0.39 is 5.60 Å². The third-order valence-corrected chi connectivity index (χ3v) is 3.92. The minimum absolute atomic E-state index is 0.595. The van der Waals surface area contributed by atoms with Crippen LogP contribution in [0.2, 0.25) is 0 Å². The normalized spacial score (nSPS) is 15.0. The lowest BCUT2D eigenvalue weighted by atomic mass is 9.95. The topological polar surface area (TPSA) is 32.3 Å². The summed E-state index contributed by atoms with van der Waals surface area (Å²) in [5.41, 5.74) is 0.216. The van der Waals surface area contributed by atoms with E-state index in [-0.39, 0.29) is 0 Å². The van der Waals surface area contributed by atoms with Crippen LogP contribution in [-0.4, -0.2) is 18.2 Å². The molecule has 0 saturated heterocycles. The highest BCUT2D eigenvalue weighted by molar-refractivity contribution is 7.17. The highest BCUT2D eigenvalue weighted by Gasteiger charge is 2.24. The van der Waals surface area contributed by atoms with Gasteiger partial charge in [0.25, 0.3) is 0 Å². The van der Waals surface area contributed by atoms with Gasteiger partial charge in [-0.05, 0) is 36.7 Å². The fourth-order valence-corrected chi connectivity index (χ4v) is 3.06. The van der Waals surface area contributed by atoms with Crippen LogP contribution in [0.15, 0.2) is 29.6 Å². The molecule has 2 aromatic rings. The van der Waals surface area contributed by atoms with E-state index in [1.54, 1.807) is 11.3 Å². The molecule has 1 atom stereocenters. The fraction of sp³-hybridized carbons (Fsp3) is 0.429. The van der Waals surface area contributed by atoms with Crippen LogP contribution < -0.4 is 5.32 Å². The van der Waals surface area contributed by atoms with E-state index in [9.17, 15) is 5.11 Å². The smallest absolute Gasteiger partial charge is 0.101 e. The first-order valence-corrected chi connectivity index (χ1v) is 6.93.